The lowest BCUT2D eigenvalue weighted by Gasteiger charge is -2.07. The molecule has 1 unspecified atom stereocenters. The van der Waals surface area contributed by atoms with Crippen LogP contribution in [0.5, 0.6) is 5.75 Å². The number of halogens is 1. The van der Waals surface area contributed by atoms with Crippen molar-refractivity contribution in [1.29, 1.82) is 0 Å². The average molecular weight is 320 g/mol. The predicted molar refractivity (Wildman–Crippen MR) is 66.5 cm³/mol. The van der Waals surface area contributed by atoms with Crippen LogP contribution in [0, 0.1) is 0 Å². The van der Waals surface area contributed by atoms with Crippen LogP contribution in [0.15, 0.2) is 24.3 Å². The largest absolute Gasteiger partial charge is 0.497 e. The van der Waals surface area contributed by atoms with E-state index < -0.39 is 0 Å². The number of esters is 1. The zero-order chi connectivity index (χ0) is 11.3. The number of alkyl halides is 1. The Morgan fingerprint density at radius 3 is 2.40 bits per heavy atom. The second-order valence-corrected chi connectivity index (χ2v) is 4.55. The van der Waals surface area contributed by atoms with Crippen molar-refractivity contribution in [3.8, 4) is 5.75 Å². The number of methoxy groups -OCH3 is 2. The standard InChI is InChI=1S/C11H13IO3/c1-14-9-5-3-8(4-6-9)7-10(12)11(13)15-2/h3-6,10H,7H2,1-2H3. The molecule has 0 amide bonds. The fourth-order valence-electron chi connectivity index (χ4n) is 1.18. The number of benzene rings is 1. The Morgan fingerprint density at radius 1 is 1.33 bits per heavy atom. The van der Waals surface area contributed by atoms with Crippen molar-refractivity contribution >= 4 is 28.6 Å². The molecule has 0 spiro atoms. The second kappa shape index (κ2) is 5.95. The summed E-state index contributed by atoms with van der Waals surface area (Å²) in [5.41, 5.74) is 1.10. The van der Waals surface area contributed by atoms with Gasteiger partial charge in [0, 0.05) is 0 Å². The number of carbonyl (C=O) groups is 1. The van der Waals surface area contributed by atoms with Crippen LogP contribution in [0.4, 0.5) is 0 Å². The van der Waals surface area contributed by atoms with Gasteiger partial charge in [-0.1, -0.05) is 34.7 Å². The molecule has 0 aliphatic carbocycles. The van der Waals surface area contributed by atoms with E-state index in [4.69, 9.17) is 4.74 Å². The third-order valence-corrected chi connectivity index (χ3v) is 2.98. The predicted octanol–water partition coefficient (Wildman–Crippen LogP) is 2.21. The first-order valence-corrected chi connectivity index (χ1v) is 5.76. The van der Waals surface area contributed by atoms with Gasteiger partial charge in [0.2, 0.25) is 0 Å². The summed E-state index contributed by atoms with van der Waals surface area (Å²) in [6.07, 6.45) is 0.678. The van der Waals surface area contributed by atoms with E-state index >= 15 is 0 Å². The van der Waals surface area contributed by atoms with Crippen LogP contribution >= 0.6 is 22.6 Å². The zero-order valence-corrected chi connectivity index (χ0v) is 10.9. The Bertz CT molecular complexity index is 321. The van der Waals surface area contributed by atoms with E-state index in [2.05, 4.69) is 27.3 Å². The molecular weight excluding hydrogens is 307 g/mol. The fraction of sp³-hybridized carbons (Fsp3) is 0.364. The van der Waals surface area contributed by atoms with Gasteiger partial charge in [-0.2, -0.15) is 0 Å². The molecule has 0 bridgehead atoms. The SMILES string of the molecule is COC(=O)C(I)Cc1ccc(OC)cc1. The van der Waals surface area contributed by atoms with Gasteiger partial charge in [-0.3, -0.25) is 4.79 Å². The van der Waals surface area contributed by atoms with E-state index in [0.717, 1.165) is 11.3 Å². The molecule has 0 N–H and O–H groups in total. The van der Waals surface area contributed by atoms with E-state index in [1.807, 2.05) is 24.3 Å². The molecule has 1 aromatic carbocycles. The van der Waals surface area contributed by atoms with Gasteiger partial charge in [-0.05, 0) is 24.1 Å². The highest BCUT2D eigenvalue weighted by molar-refractivity contribution is 14.1. The van der Waals surface area contributed by atoms with E-state index in [9.17, 15) is 4.79 Å². The summed E-state index contributed by atoms with van der Waals surface area (Å²) in [7, 11) is 3.03. The van der Waals surface area contributed by atoms with Gasteiger partial charge in [-0.25, -0.2) is 0 Å². The Labute approximate surface area is 103 Å². The monoisotopic (exact) mass is 320 g/mol. The van der Waals surface area contributed by atoms with Crippen molar-refractivity contribution < 1.29 is 14.3 Å². The second-order valence-electron chi connectivity index (χ2n) is 3.04. The number of hydrogen-bond donors (Lipinski definition) is 0. The van der Waals surface area contributed by atoms with Crippen LogP contribution in [0.1, 0.15) is 5.56 Å². The fourth-order valence-corrected chi connectivity index (χ4v) is 1.94. The lowest BCUT2D eigenvalue weighted by atomic mass is 10.1. The molecule has 4 heteroatoms. The zero-order valence-electron chi connectivity index (χ0n) is 8.70. The summed E-state index contributed by atoms with van der Waals surface area (Å²) in [5.74, 6) is 0.633. The normalized spacial score (nSPS) is 11.9. The summed E-state index contributed by atoms with van der Waals surface area (Å²) in [6.45, 7) is 0. The molecule has 15 heavy (non-hydrogen) atoms. The molecule has 82 valence electrons. The van der Waals surface area contributed by atoms with E-state index in [0.29, 0.717) is 6.42 Å². The van der Waals surface area contributed by atoms with Crippen LogP contribution in [0.25, 0.3) is 0 Å². The minimum absolute atomic E-state index is 0.138. The smallest absolute Gasteiger partial charge is 0.318 e. The topological polar surface area (TPSA) is 35.5 Å². The Hall–Kier alpha value is -0.780. The van der Waals surface area contributed by atoms with Crippen molar-refractivity contribution in [3.63, 3.8) is 0 Å². The van der Waals surface area contributed by atoms with E-state index in [-0.39, 0.29) is 9.89 Å². The third kappa shape index (κ3) is 3.70. The third-order valence-electron chi connectivity index (χ3n) is 2.03. The van der Waals surface area contributed by atoms with Gasteiger partial charge in [0.1, 0.15) is 9.67 Å². The van der Waals surface area contributed by atoms with Crippen molar-refractivity contribution in [2.24, 2.45) is 0 Å². The number of ether oxygens (including phenoxy) is 2. The maximum Gasteiger partial charge on any atom is 0.318 e. The molecule has 0 saturated carbocycles. The van der Waals surface area contributed by atoms with Crippen LogP contribution in [-0.2, 0) is 16.0 Å². The molecule has 0 radical (unpaired) electrons. The highest BCUT2D eigenvalue weighted by atomic mass is 127. The molecule has 1 rings (SSSR count). The molecule has 0 aromatic heterocycles. The first-order chi connectivity index (χ1) is 7.17. The minimum atomic E-state index is -0.189. The number of rotatable bonds is 4. The average Bonchev–Trinajstić information content (AvgIpc) is 2.29. The highest BCUT2D eigenvalue weighted by Gasteiger charge is 2.15. The molecular formula is C11H13IO3. The Kier molecular flexibility index (Phi) is 4.87. The first kappa shape index (κ1) is 12.3. The Morgan fingerprint density at radius 2 is 1.93 bits per heavy atom. The van der Waals surface area contributed by atoms with E-state index in [1.54, 1.807) is 7.11 Å². The van der Waals surface area contributed by atoms with Crippen LogP contribution in [0.3, 0.4) is 0 Å². The summed E-state index contributed by atoms with van der Waals surface area (Å²) < 4.78 is 9.57. The van der Waals surface area contributed by atoms with Gasteiger partial charge < -0.3 is 9.47 Å². The summed E-state index contributed by atoms with van der Waals surface area (Å²) in [6, 6.07) is 7.67. The maximum absolute atomic E-state index is 11.2. The van der Waals surface area contributed by atoms with Crippen LogP contribution in [0.2, 0.25) is 0 Å². The van der Waals surface area contributed by atoms with Crippen molar-refractivity contribution in [3.05, 3.63) is 29.8 Å². The van der Waals surface area contributed by atoms with Gasteiger partial charge in [0.25, 0.3) is 0 Å². The number of hydrogen-bond acceptors (Lipinski definition) is 3. The number of carbonyl (C=O) groups excluding carboxylic acids is 1. The van der Waals surface area contributed by atoms with E-state index in [1.165, 1.54) is 7.11 Å². The molecule has 1 atom stereocenters. The first-order valence-electron chi connectivity index (χ1n) is 4.52. The lowest BCUT2D eigenvalue weighted by Crippen LogP contribution is -2.17. The van der Waals surface area contributed by atoms with Crippen LogP contribution < -0.4 is 4.74 Å². The summed E-state index contributed by atoms with van der Waals surface area (Å²) in [5, 5.41) is 0. The highest BCUT2D eigenvalue weighted by Crippen LogP contribution is 2.16. The summed E-state index contributed by atoms with van der Waals surface area (Å²) in [4.78, 5) is 11.2. The lowest BCUT2D eigenvalue weighted by molar-refractivity contribution is -0.139. The van der Waals surface area contributed by atoms with Gasteiger partial charge in [-0.15, -0.1) is 0 Å². The van der Waals surface area contributed by atoms with Gasteiger partial charge in [0.05, 0.1) is 14.2 Å². The minimum Gasteiger partial charge on any atom is -0.497 e. The van der Waals surface area contributed by atoms with Crippen molar-refractivity contribution in [1.82, 2.24) is 0 Å². The maximum atomic E-state index is 11.2. The molecule has 0 aliphatic heterocycles. The molecule has 0 saturated heterocycles. The van der Waals surface area contributed by atoms with Crippen molar-refractivity contribution in [2.75, 3.05) is 14.2 Å². The summed E-state index contributed by atoms with van der Waals surface area (Å²) >= 11 is 2.08. The molecule has 0 aliphatic rings. The molecule has 3 nitrogen and oxygen atoms in total. The quantitative estimate of drug-likeness (QED) is 0.485. The molecule has 1 aromatic rings. The van der Waals surface area contributed by atoms with Crippen LogP contribution in [-0.4, -0.2) is 24.1 Å². The molecule has 0 fully saturated rings. The van der Waals surface area contributed by atoms with Crippen molar-refractivity contribution in [2.45, 2.75) is 10.3 Å². The Balaban J connectivity index is 2.60. The van der Waals surface area contributed by atoms with Gasteiger partial charge in [0.15, 0.2) is 0 Å². The van der Waals surface area contributed by atoms with Gasteiger partial charge >= 0.3 is 5.97 Å². The molecule has 0 heterocycles.